The summed E-state index contributed by atoms with van der Waals surface area (Å²) in [5, 5.41) is 12.2. The largest absolute Gasteiger partial charge is 0.392 e. The van der Waals surface area contributed by atoms with Gasteiger partial charge >= 0.3 is 0 Å². The van der Waals surface area contributed by atoms with Gasteiger partial charge in [0.25, 0.3) is 0 Å². The van der Waals surface area contributed by atoms with Crippen molar-refractivity contribution in [2.45, 2.75) is 38.8 Å². The number of para-hydroxylation sites is 1. The number of nitrogens with zero attached hydrogens (tertiary/aromatic N) is 1. The molecule has 2 aromatic heterocycles. The van der Waals surface area contributed by atoms with Crippen LogP contribution < -0.4 is 0 Å². The van der Waals surface area contributed by atoms with E-state index in [1.165, 1.54) is 53.4 Å². The number of aryl methyl sites for hydroxylation is 1. The summed E-state index contributed by atoms with van der Waals surface area (Å²) in [6.07, 6.45) is 6.83. The van der Waals surface area contributed by atoms with Crippen molar-refractivity contribution in [2.24, 2.45) is 0 Å². The number of benzene rings is 2. The number of H-pyrrole nitrogens is 1. The number of aliphatic hydroxyl groups is 1. The van der Waals surface area contributed by atoms with Crippen LogP contribution in [0.25, 0.3) is 21.0 Å². The molecular formula is C24H26N2OS. The number of aromatic amines is 1. The van der Waals surface area contributed by atoms with Crippen LogP contribution in [-0.2, 0) is 26.0 Å². The summed E-state index contributed by atoms with van der Waals surface area (Å²) < 4.78 is 1.44. The van der Waals surface area contributed by atoms with Gasteiger partial charge in [0, 0.05) is 39.8 Å². The van der Waals surface area contributed by atoms with Crippen LogP contribution in [0.2, 0.25) is 0 Å². The number of nitrogens with one attached hydrogen (secondary N) is 1. The van der Waals surface area contributed by atoms with E-state index in [-0.39, 0.29) is 6.61 Å². The van der Waals surface area contributed by atoms with Crippen LogP contribution in [0.4, 0.5) is 0 Å². The first-order chi connectivity index (χ1) is 13.8. The lowest BCUT2D eigenvalue weighted by molar-refractivity contribution is 0.253. The Labute approximate surface area is 169 Å². The first-order valence-corrected chi connectivity index (χ1v) is 11.1. The zero-order valence-corrected chi connectivity index (χ0v) is 16.9. The molecule has 5 rings (SSSR count). The highest BCUT2D eigenvalue weighted by molar-refractivity contribution is 7.19. The van der Waals surface area contributed by atoms with Crippen LogP contribution in [0.3, 0.4) is 0 Å². The highest BCUT2D eigenvalue weighted by atomic mass is 32.1. The third-order valence-electron chi connectivity index (χ3n) is 6.06. The van der Waals surface area contributed by atoms with Crippen LogP contribution in [-0.4, -0.2) is 28.1 Å². The molecule has 0 amide bonds. The number of thiophene rings is 1. The van der Waals surface area contributed by atoms with E-state index >= 15 is 0 Å². The molecule has 0 bridgehead atoms. The summed E-state index contributed by atoms with van der Waals surface area (Å²) in [6.45, 7) is 3.56. The van der Waals surface area contributed by atoms with Crippen molar-refractivity contribution >= 4 is 32.3 Å². The molecule has 28 heavy (non-hydrogen) atoms. The minimum atomic E-state index is 0.0893. The minimum absolute atomic E-state index is 0.0893. The van der Waals surface area contributed by atoms with Gasteiger partial charge in [-0.3, -0.25) is 4.90 Å². The second-order valence-electron chi connectivity index (χ2n) is 7.79. The molecule has 1 aliphatic rings. The molecule has 0 saturated heterocycles. The Morgan fingerprint density at radius 3 is 2.82 bits per heavy atom. The fourth-order valence-electron chi connectivity index (χ4n) is 4.56. The Balaban J connectivity index is 1.18. The molecule has 0 spiro atoms. The van der Waals surface area contributed by atoms with Gasteiger partial charge in [0.1, 0.15) is 0 Å². The fourth-order valence-corrected chi connectivity index (χ4v) is 5.85. The van der Waals surface area contributed by atoms with Crippen LogP contribution >= 0.6 is 11.3 Å². The van der Waals surface area contributed by atoms with Crippen molar-refractivity contribution in [2.75, 3.05) is 13.1 Å². The molecule has 0 unspecified atom stereocenters. The summed E-state index contributed by atoms with van der Waals surface area (Å²) >= 11 is 1.98. The average molecular weight is 391 g/mol. The Kier molecular flexibility index (Phi) is 4.93. The van der Waals surface area contributed by atoms with Gasteiger partial charge in [0.2, 0.25) is 0 Å². The van der Waals surface area contributed by atoms with E-state index in [1.807, 2.05) is 23.5 Å². The van der Waals surface area contributed by atoms with Crippen LogP contribution in [0, 0.1) is 0 Å². The Hall–Kier alpha value is -2.14. The number of hydrogen-bond acceptors (Lipinski definition) is 3. The van der Waals surface area contributed by atoms with E-state index in [0.29, 0.717) is 0 Å². The van der Waals surface area contributed by atoms with E-state index in [0.717, 1.165) is 24.0 Å². The Morgan fingerprint density at radius 1 is 1.00 bits per heavy atom. The molecule has 0 atom stereocenters. The van der Waals surface area contributed by atoms with Gasteiger partial charge in [-0.05, 0) is 54.8 Å². The Morgan fingerprint density at radius 2 is 1.89 bits per heavy atom. The topological polar surface area (TPSA) is 39.3 Å². The number of aromatic nitrogens is 1. The van der Waals surface area contributed by atoms with E-state index in [2.05, 4.69) is 46.4 Å². The van der Waals surface area contributed by atoms with E-state index in [1.54, 1.807) is 10.4 Å². The number of aliphatic hydroxyl groups excluding tert-OH is 1. The Bertz CT molecular complexity index is 1110. The molecule has 144 valence electrons. The van der Waals surface area contributed by atoms with Gasteiger partial charge in [0.15, 0.2) is 0 Å². The normalized spacial score (nSPS) is 14.8. The van der Waals surface area contributed by atoms with Gasteiger partial charge in [-0.15, -0.1) is 11.3 Å². The fraction of sp³-hybridized carbons (Fsp3) is 0.333. The van der Waals surface area contributed by atoms with Crippen LogP contribution in [0.15, 0.2) is 48.7 Å². The van der Waals surface area contributed by atoms with Gasteiger partial charge in [0.05, 0.1) is 12.1 Å². The highest BCUT2D eigenvalue weighted by Gasteiger charge is 2.20. The second-order valence-corrected chi connectivity index (χ2v) is 8.93. The molecule has 2 aromatic carbocycles. The average Bonchev–Trinajstić information content (AvgIpc) is 3.32. The number of unbranched alkanes of at least 4 members (excludes halogenated alkanes) is 1. The van der Waals surface area contributed by atoms with Crippen molar-refractivity contribution in [1.82, 2.24) is 9.88 Å². The van der Waals surface area contributed by atoms with Gasteiger partial charge in [-0.2, -0.15) is 0 Å². The van der Waals surface area contributed by atoms with E-state index in [4.69, 9.17) is 0 Å². The lowest BCUT2D eigenvalue weighted by Crippen LogP contribution is -2.30. The summed E-state index contributed by atoms with van der Waals surface area (Å²) in [4.78, 5) is 7.54. The quantitative estimate of drug-likeness (QED) is 0.441. The molecule has 4 heteroatoms. The second kappa shape index (κ2) is 7.70. The first-order valence-electron chi connectivity index (χ1n) is 10.2. The predicted molar refractivity (Wildman–Crippen MR) is 118 cm³/mol. The molecule has 4 aromatic rings. The maximum atomic E-state index is 9.49. The summed E-state index contributed by atoms with van der Waals surface area (Å²) in [6, 6.07) is 15.0. The maximum Gasteiger partial charge on any atom is 0.0702 e. The molecular weight excluding hydrogens is 364 g/mol. The standard InChI is InChI=1S/C24H26N2OS/c27-16-18-7-5-9-19-17(14-25-24(18)19)6-3-4-12-26-13-11-21-20-8-1-2-10-22(20)28-23(21)15-26/h1-2,5,7-10,14,25,27H,3-4,6,11-13,15-16H2. The lowest BCUT2D eigenvalue weighted by atomic mass is 10.0. The molecule has 3 nitrogen and oxygen atoms in total. The predicted octanol–water partition coefficient (Wildman–Crippen LogP) is 5.26. The third-order valence-corrected chi connectivity index (χ3v) is 7.25. The van der Waals surface area contributed by atoms with Crippen molar-refractivity contribution in [3.63, 3.8) is 0 Å². The monoisotopic (exact) mass is 390 g/mol. The maximum absolute atomic E-state index is 9.49. The summed E-state index contributed by atoms with van der Waals surface area (Å²) in [7, 11) is 0. The zero-order valence-electron chi connectivity index (χ0n) is 16.1. The highest BCUT2D eigenvalue weighted by Crippen LogP contribution is 2.35. The van der Waals surface area contributed by atoms with Crippen molar-refractivity contribution in [3.05, 3.63) is 70.2 Å². The van der Waals surface area contributed by atoms with E-state index < -0.39 is 0 Å². The molecule has 0 aliphatic carbocycles. The molecule has 2 N–H and O–H groups in total. The number of fused-ring (bicyclic) bond motifs is 4. The van der Waals surface area contributed by atoms with E-state index in [9.17, 15) is 5.11 Å². The molecule has 3 heterocycles. The van der Waals surface area contributed by atoms with Gasteiger partial charge in [-0.25, -0.2) is 0 Å². The van der Waals surface area contributed by atoms with Gasteiger partial charge in [-0.1, -0.05) is 36.4 Å². The number of hydrogen-bond donors (Lipinski definition) is 2. The molecule has 0 saturated carbocycles. The summed E-state index contributed by atoms with van der Waals surface area (Å²) in [5.41, 5.74) is 5.04. The first kappa shape index (κ1) is 17.9. The van der Waals surface area contributed by atoms with Crippen LogP contribution in [0.5, 0.6) is 0 Å². The van der Waals surface area contributed by atoms with Crippen LogP contribution in [0.1, 0.15) is 34.4 Å². The molecule has 0 radical (unpaired) electrons. The van der Waals surface area contributed by atoms with Crippen molar-refractivity contribution in [1.29, 1.82) is 0 Å². The number of rotatable bonds is 6. The third kappa shape index (κ3) is 3.26. The molecule has 0 fully saturated rings. The van der Waals surface area contributed by atoms with Gasteiger partial charge < -0.3 is 10.1 Å². The summed E-state index contributed by atoms with van der Waals surface area (Å²) in [5.74, 6) is 0. The lowest BCUT2D eigenvalue weighted by Gasteiger charge is -2.26. The minimum Gasteiger partial charge on any atom is -0.392 e. The van der Waals surface area contributed by atoms with Crippen molar-refractivity contribution < 1.29 is 5.11 Å². The smallest absolute Gasteiger partial charge is 0.0702 e. The van der Waals surface area contributed by atoms with Crippen molar-refractivity contribution in [3.8, 4) is 0 Å². The molecule has 1 aliphatic heterocycles. The zero-order chi connectivity index (χ0) is 18.9. The SMILES string of the molecule is OCc1cccc2c(CCCCN3CCc4c(sc5ccccc45)C3)c[nH]c12.